The highest BCUT2D eigenvalue weighted by Gasteiger charge is 2.21. The van der Waals surface area contributed by atoms with Crippen molar-refractivity contribution in [1.29, 1.82) is 0 Å². The monoisotopic (exact) mass is 461 g/mol. The highest BCUT2D eigenvalue weighted by atomic mass is 35.5. The van der Waals surface area contributed by atoms with Gasteiger partial charge in [0.15, 0.2) is 16.7 Å². The number of hydrogen-bond donors (Lipinski definition) is 3. The minimum atomic E-state index is -0.826. The molecule has 0 saturated heterocycles. The third-order valence-corrected chi connectivity index (χ3v) is 5.50. The molecular weight excluding hydrogens is 447 g/mol. The molecule has 0 aliphatic rings. The summed E-state index contributed by atoms with van der Waals surface area (Å²) in [5.41, 5.74) is 0.534. The minimum absolute atomic E-state index is 0.0897. The van der Waals surface area contributed by atoms with E-state index < -0.39 is 23.8 Å². The van der Waals surface area contributed by atoms with Crippen molar-refractivity contribution in [3.63, 3.8) is 0 Å². The van der Waals surface area contributed by atoms with E-state index >= 15 is 0 Å². The number of nitrogens with one attached hydrogen (secondary N) is 2. The number of halogens is 4. The topological polar surface area (TPSA) is 83.5 Å². The number of amides is 2. The van der Waals surface area contributed by atoms with Gasteiger partial charge in [0.2, 0.25) is 0 Å². The third kappa shape index (κ3) is 4.87. The van der Waals surface area contributed by atoms with Crippen molar-refractivity contribution in [3.8, 4) is 5.75 Å². The Morgan fingerprint density at radius 2 is 2.07 bits per heavy atom. The van der Waals surface area contributed by atoms with Crippen LogP contribution in [-0.4, -0.2) is 29.3 Å². The fourth-order valence-electron chi connectivity index (χ4n) is 2.55. The number of hydrogen-bond acceptors (Lipinski definition) is 5. The van der Waals surface area contributed by atoms with Gasteiger partial charge in [-0.15, -0.1) is 0 Å². The van der Waals surface area contributed by atoms with Crippen LogP contribution in [0.15, 0.2) is 24.3 Å². The smallest absolute Gasteiger partial charge is 0.321 e. The lowest BCUT2D eigenvalue weighted by molar-refractivity contribution is 0.216. The average molecular weight is 462 g/mol. The standard InChI is InChI=1S/C18H15Cl2F2N3O3S/c1-8(15-9(19)2-3-10(21)16(15)20)28-13-7-14-12(6-11(13)22)24-18(29-14)25-17(27)23-4-5-26/h2-3,6-8,26H,4-5H2,1H3,(H2,23,24,25,27). The summed E-state index contributed by atoms with van der Waals surface area (Å²) in [7, 11) is 0. The van der Waals surface area contributed by atoms with Gasteiger partial charge >= 0.3 is 6.03 Å². The molecule has 154 valence electrons. The van der Waals surface area contributed by atoms with Crippen LogP contribution >= 0.6 is 34.5 Å². The van der Waals surface area contributed by atoms with Gasteiger partial charge in [0, 0.05) is 29.3 Å². The van der Waals surface area contributed by atoms with Crippen LogP contribution in [0.25, 0.3) is 10.2 Å². The van der Waals surface area contributed by atoms with E-state index in [0.717, 1.165) is 17.4 Å². The average Bonchev–Trinajstić information content (AvgIpc) is 3.04. The highest BCUT2D eigenvalue weighted by Crippen LogP contribution is 2.37. The summed E-state index contributed by atoms with van der Waals surface area (Å²) in [4.78, 5) is 15.8. The molecule has 11 heteroatoms. The molecule has 3 rings (SSSR count). The van der Waals surface area contributed by atoms with Gasteiger partial charge in [-0.3, -0.25) is 5.32 Å². The number of ether oxygens (including phenoxy) is 1. The summed E-state index contributed by atoms with van der Waals surface area (Å²) in [6, 6.07) is 4.53. The number of benzene rings is 2. The van der Waals surface area contributed by atoms with E-state index in [-0.39, 0.29) is 39.6 Å². The van der Waals surface area contributed by atoms with Crippen molar-refractivity contribution in [3.05, 3.63) is 51.5 Å². The van der Waals surface area contributed by atoms with E-state index in [2.05, 4.69) is 15.6 Å². The lowest BCUT2D eigenvalue weighted by Crippen LogP contribution is -2.30. The summed E-state index contributed by atoms with van der Waals surface area (Å²) >= 11 is 13.2. The Morgan fingerprint density at radius 3 is 2.79 bits per heavy atom. The number of urea groups is 1. The Morgan fingerprint density at radius 1 is 1.31 bits per heavy atom. The Bertz CT molecular complexity index is 1060. The van der Waals surface area contributed by atoms with Crippen LogP contribution in [0.1, 0.15) is 18.6 Å². The van der Waals surface area contributed by atoms with E-state index in [1.807, 2.05) is 0 Å². The first-order chi connectivity index (χ1) is 13.8. The van der Waals surface area contributed by atoms with Gasteiger partial charge in [-0.05, 0) is 19.1 Å². The molecule has 0 fully saturated rings. The molecule has 0 saturated carbocycles. The number of nitrogens with zero attached hydrogens (tertiary/aromatic N) is 1. The number of rotatable bonds is 6. The predicted octanol–water partition coefficient (Wildman–Crippen LogP) is 5.14. The summed E-state index contributed by atoms with van der Waals surface area (Å²) in [5, 5.41) is 13.9. The summed E-state index contributed by atoms with van der Waals surface area (Å²) in [5.74, 6) is -1.44. The molecule has 3 N–H and O–H groups in total. The van der Waals surface area contributed by atoms with Crippen molar-refractivity contribution in [2.75, 3.05) is 18.5 Å². The first-order valence-electron chi connectivity index (χ1n) is 8.36. The zero-order valence-electron chi connectivity index (χ0n) is 14.9. The fraction of sp³-hybridized carbons (Fsp3) is 0.222. The van der Waals surface area contributed by atoms with E-state index in [1.165, 1.54) is 18.2 Å². The van der Waals surface area contributed by atoms with E-state index in [9.17, 15) is 13.6 Å². The van der Waals surface area contributed by atoms with E-state index in [4.69, 9.17) is 33.0 Å². The van der Waals surface area contributed by atoms with Gasteiger partial charge in [-0.1, -0.05) is 34.5 Å². The van der Waals surface area contributed by atoms with Crippen LogP contribution < -0.4 is 15.4 Å². The zero-order chi connectivity index (χ0) is 21.1. The van der Waals surface area contributed by atoms with Crippen LogP contribution in [0, 0.1) is 11.6 Å². The summed E-state index contributed by atoms with van der Waals surface area (Å²) in [6.07, 6.45) is -0.826. The first kappa shape index (κ1) is 21.5. The molecule has 29 heavy (non-hydrogen) atoms. The molecule has 1 unspecified atom stereocenters. The lowest BCUT2D eigenvalue weighted by Gasteiger charge is -2.18. The number of thiazole rings is 1. The number of carbonyl (C=O) groups is 1. The lowest BCUT2D eigenvalue weighted by atomic mass is 10.1. The van der Waals surface area contributed by atoms with Gasteiger partial charge in [-0.25, -0.2) is 18.6 Å². The molecule has 2 aromatic carbocycles. The fourth-order valence-corrected chi connectivity index (χ4v) is 4.10. The maximum atomic E-state index is 14.5. The Hall–Kier alpha value is -2.20. The zero-order valence-corrected chi connectivity index (χ0v) is 17.3. The first-order valence-corrected chi connectivity index (χ1v) is 9.93. The molecule has 6 nitrogen and oxygen atoms in total. The minimum Gasteiger partial charge on any atom is -0.483 e. The van der Waals surface area contributed by atoms with Gasteiger partial charge in [0.05, 0.1) is 21.8 Å². The molecule has 0 aliphatic heterocycles. The van der Waals surface area contributed by atoms with Crippen molar-refractivity contribution in [1.82, 2.24) is 10.3 Å². The molecular formula is C18H15Cl2F2N3O3S. The number of fused-ring (bicyclic) bond motifs is 1. The van der Waals surface area contributed by atoms with Crippen molar-refractivity contribution >= 4 is 55.9 Å². The van der Waals surface area contributed by atoms with Crippen molar-refractivity contribution in [2.45, 2.75) is 13.0 Å². The number of aliphatic hydroxyl groups excluding tert-OH is 1. The van der Waals surface area contributed by atoms with Crippen molar-refractivity contribution < 1.29 is 23.4 Å². The van der Waals surface area contributed by atoms with E-state index in [1.54, 1.807) is 6.92 Å². The second kappa shape index (κ2) is 9.08. The van der Waals surface area contributed by atoms with Gasteiger partial charge in [0.1, 0.15) is 11.9 Å². The normalized spacial score (nSPS) is 12.1. The molecule has 1 heterocycles. The third-order valence-electron chi connectivity index (χ3n) is 3.85. The molecule has 0 radical (unpaired) electrons. The molecule has 1 atom stereocenters. The predicted molar refractivity (Wildman–Crippen MR) is 109 cm³/mol. The molecule has 2 amide bonds. The van der Waals surface area contributed by atoms with Crippen LogP contribution in [0.2, 0.25) is 10.0 Å². The molecule has 1 aromatic heterocycles. The van der Waals surface area contributed by atoms with Crippen LogP contribution in [0.3, 0.4) is 0 Å². The molecule has 0 bridgehead atoms. The van der Waals surface area contributed by atoms with Crippen molar-refractivity contribution in [2.24, 2.45) is 0 Å². The summed E-state index contributed by atoms with van der Waals surface area (Å²) in [6.45, 7) is 1.46. The van der Waals surface area contributed by atoms with Crippen LogP contribution in [0.5, 0.6) is 5.75 Å². The quantitative estimate of drug-likeness (QED) is 0.444. The number of carbonyl (C=O) groups excluding carboxylic acids is 1. The van der Waals surface area contributed by atoms with Gasteiger partial charge < -0.3 is 15.2 Å². The Balaban J connectivity index is 1.84. The second-order valence-electron chi connectivity index (χ2n) is 5.89. The molecule has 0 spiro atoms. The molecule has 0 aliphatic carbocycles. The summed E-state index contributed by atoms with van der Waals surface area (Å²) < 4.78 is 34.4. The number of anilines is 1. The Kier molecular flexibility index (Phi) is 6.74. The SMILES string of the molecule is CC(Oc1cc2sc(NC(=O)NCCO)nc2cc1F)c1c(Cl)ccc(F)c1Cl. The van der Waals surface area contributed by atoms with Crippen LogP contribution in [-0.2, 0) is 0 Å². The van der Waals surface area contributed by atoms with Crippen LogP contribution in [0.4, 0.5) is 18.7 Å². The largest absolute Gasteiger partial charge is 0.483 e. The highest BCUT2D eigenvalue weighted by molar-refractivity contribution is 7.22. The number of aromatic nitrogens is 1. The Labute approximate surface area is 178 Å². The van der Waals surface area contributed by atoms with E-state index in [0.29, 0.717) is 10.2 Å². The van der Waals surface area contributed by atoms with Gasteiger partial charge in [0.25, 0.3) is 0 Å². The maximum Gasteiger partial charge on any atom is 0.321 e. The second-order valence-corrected chi connectivity index (χ2v) is 7.71. The number of aliphatic hydroxyl groups is 1. The van der Waals surface area contributed by atoms with Gasteiger partial charge in [-0.2, -0.15) is 0 Å². The molecule has 3 aromatic rings. The maximum absolute atomic E-state index is 14.5.